The highest BCUT2D eigenvalue weighted by molar-refractivity contribution is 8.13. The van der Waals surface area contributed by atoms with Crippen LogP contribution in [0.15, 0.2) is 0 Å². The Kier molecular flexibility index (Phi) is 4.63. The fourth-order valence-electron chi connectivity index (χ4n) is 2.35. The van der Waals surface area contributed by atoms with Gasteiger partial charge in [-0.25, -0.2) is 8.42 Å². The maximum atomic E-state index is 11.2. The summed E-state index contributed by atoms with van der Waals surface area (Å²) in [7, 11) is 5.39. The van der Waals surface area contributed by atoms with Gasteiger partial charge >= 0.3 is 0 Å². The van der Waals surface area contributed by atoms with E-state index in [1.54, 1.807) is 7.11 Å². The summed E-state index contributed by atoms with van der Waals surface area (Å²) >= 11 is 0. The van der Waals surface area contributed by atoms with Crippen LogP contribution in [-0.4, -0.2) is 51.9 Å². The Bertz CT molecular complexity index is 333. The molecule has 16 heavy (non-hydrogen) atoms. The standard InChI is InChI=1S/C10H20ClNO3S/c1-10(15-3,8-16(11,13)14)9-5-4-6-12(2)7-9/h9H,4-8H2,1-3H3. The van der Waals surface area contributed by atoms with E-state index >= 15 is 0 Å². The van der Waals surface area contributed by atoms with E-state index in [1.165, 1.54) is 0 Å². The van der Waals surface area contributed by atoms with E-state index in [0.29, 0.717) is 0 Å². The van der Waals surface area contributed by atoms with Crippen LogP contribution in [0.25, 0.3) is 0 Å². The average Bonchev–Trinajstić information content (AvgIpc) is 2.15. The van der Waals surface area contributed by atoms with Crippen LogP contribution in [0.5, 0.6) is 0 Å². The van der Waals surface area contributed by atoms with Gasteiger partial charge in [0.1, 0.15) is 0 Å². The number of methoxy groups -OCH3 is 1. The first-order chi connectivity index (χ1) is 7.27. The third-order valence-electron chi connectivity index (χ3n) is 3.41. The van der Waals surface area contributed by atoms with Crippen molar-refractivity contribution in [2.24, 2.45) is 5.92 Å². The largest absolute Gasteiger partial charge is 0.377 e. The van der Waals surface area contributed by atoms with Crippen molar-refractivity contribution in [2.45, 2.75) is 25.4 Å². The molecule has 0 saturated carbocycles. The van der Waals surface area contributed by atoms with Gasteiger partial charge in [0, 0.05) is 30.3 Å². The number of hydrogen-bond donors (Lipinski definition) is 0. The molecule has 1 aliphatic rings. The Hall–Kier alpha value is 0.160. The summed E-state index contributed by atoms with van der Waals surface area (Å²) in [5.74, 6) is 0.0843. The molecule has 0 spiro atoms. The number of piperidine rings is 1. The molecule has 0 aromatic carbocycles. The first-order valence-corrected chi connectivity index (χ1v) is 7.91. The summed E-state index contributed by atoms with van der Waals surface area (Å²) < 4.78 is 27.8. The summed E-state index contributed by atoms with van der Waals surface area (Å²) in [4.78, 5) is 2.20. The molecule has 0 bridgehead atoms. The van der Waals surface area contributed by atoms with Crippen LogP contribution >= 0.6 is 10.7 Å². The zero-order valence-corrected chi connectivity index (χ0v) is 11.6. The van der Waals surface area contributed by atoms with Gasteiger partial charge in [0.15, 0.2) is 0 Å². The summed E-state index contributed by atoms with van der Waals surface area (Å²) in [6.07, 6.45) is 2.06. The molecule has 6 heteroatoms. The van der Waals surface area contributed by atoms with E-state index in [-0.39, 0.29) is 11.7 Å². The van der Waals surface area contributed by atoms with Crippen molar-refractivity contribution in [3.05, 3.63) is 0 Å². The van der Waals surface area contributed by atoms with Crippen LogP contribution in [-0.2, 0) is 13.8 Å². The van der Waals surface area contributed by atoms with Crippen molar-refractivity contribution in [1.82, 2.24) is 4.90 Å². The van der Waals surface area contributed by atoms with Gasteiger partial charge in [-0.3, -0.25) is 0 Å². The second-order valence-corrected chi connectivity index (χ2v) is 7.58. The van der Waals surface area contributed by atoms with Crippen molar-refractivity contribution in [3.8, 4) is 0 Å². The molecule has 0 aliphatic carbocycles. The molecule has 4 nitrogen and oxygen atoms in total. The topological polar surface area (TPSA) is 46.6 Å². The Balaban J connectivity index is 2.78. The van der Waals surface area contributed by atoms with Gasteiger partial charge in [-0.15, -0.1) is 0 Å². The molecule has 0 aromatic rings. The number of hydrogen-bond acceptors (Lipinski definition) is 4. The first kappa shape index (κ1) is 14.2. The minimum atomic E-state index is -3.53. The summed E-state index contributed by atoms with van der Waals surface area (Å²) in [6, 6.07) is 0. The Morgan fingerprint density at radius 2 is 2.19 bits per heavy atom. The second-order valence-electron chi connectivity index (χ2n) is 4.80. The first-order valence-electron chi connectivity index (χ1n) is 5.43. The lowest BCUT2D eigenvalue weighted by Crippen LogP contribution is -2.49. The maximum absolute atomic E-state index is 11.2. The smallest absolute Gasteiger partial charge is 0.235 e. The van der Waals surface area contributed by atoms with Crippen molar-refractivity contribution < 1.29 is 13.2 Å². The normalized spacial score (nSPS) is 27.6. The van der Waals surface area contributed by atoms with E-state index < -0.39 is 14.7 Å². The van der Waals surface area contributed by atoms with Crippen molar-refractivity contribution >= 4 is 19.7 Å². The molecule has 2 unspecified atom stereocenters. The van der Waals surface area contributed by atoms with E-state index in [4.69, 9.17) is 15.4 Å². The van der Waals surface area contributed by atoms with E-state index in [1.807, 2.05) is 14.0 Å². The molecule has 1 fully saturated rings. The van der Waals surface area contributed by atoms with Crippen molar-refractivity contribution in [2.75, 3.05) is 33.0 Å². The maximum Gasteiger partial charge on any atom is 0.235 e. The molecule has 0 amide bonds. The highest BCUT2D eigenvalue weighted by Crippen LogP contribution is 2.31. The van der Waals surface area contributed by atoms with E-state index in [0.717, 1.165) is 25.9 Å². The summed E-state index contributed by atoms with van der Waals surface area (Å²) in [6.45, 7) is 3.75. The van der Waals surface area contributed by atoms with Gasteiger partial charge in [0.2, 0.25) is 9.05 Å². The lowest BCUT2D eigenvalue weighted by atomic mass is 9.84. The van der Waals surface area contributed by atoms with Gasteiger partial charge in [0.25, 0.3) is 0 Å². The minimum Gasteiger partial charge on any atom is -0.377 e. The van der Waals surface area contributed by atoms with Crippen molar-refractivity contribution in [3.63, 3.8) is 0 Å². The summed E-state index contributed by atoms with van der Waals surface area (Å²) in [5, 5.41) is 0. The van der Waals surface area contributed by atoms with Gasteiger partial charge in [-0.2, -0.15) is 0 Å². The predicted octanol–water partition coefficient (Wildman–Crippen LogP) is 1.30. The quantitative estimate of drug-likeness (QED) is 0.722. The van der Waals surface area contributed by atoms with Crippen LogP contribution < -0.4 is 0 Å². The zero-order chi connectivity index (χ0) is 12.4. The van der Waals surface area contributed by atoms with Crippen LogP contribution in [0.1, 0.15) is 19.8 Å². The van der Waals surface area contributed by atoms with Gasteiger partial charge < -0.3 is 9.64 Å². The van der Waals surface area contributed by atoms with Gasteiger partial charge in [0.05, 0.1) is 11.4 Å². The number of ether oxygens (including phenoxy) is 1. The molecule has 0 N–H and O–H groups in total. The molecule has 1 rings (SSSR count). The molecule has 0 aromatic heterocycles. The second kappa shape index (κ2) is 5.21. The molecular weight excluding hydrogens is 250 g/mol. The van der Waals surface area contributed by atoms with E-state index in [9.17, 15) is 8.42 Å². The highest BCUT2D eigenvalue weighted by Gasteiger charge is 2.39. The van der Waals surface area contributed by atoms with Gasteiger partial charge in [-0.1, -0.05) is 0 Å². The monoisotopic (exact) mass is 269 g/mol. The Labute approximate surface area is 102 Å². The molecular formula is C10H20ClNO3S. The third-order valence-corrected chi connectivity index (χ3v) is 4.66. The summed E-state index contributed by atoms with van der Waals surface area (Å²) in [5.41, 5.74) is -0.685. The molecule has 96 valence electrons. The van der Waals surface area contributed by atoms with Crippen LogP contribution in [0.4, 0.5) is 0 Å². The third kappa shape index (κ3) is 3.87. The van der Waals surface area contributed by atoms with Crippen molar-refractivity contribution in [1.29, 1.82) is 0 Å². The fraction of sp³-hybridized carbons (Fsp3) is 1.00. The zero-order valence-electron chi connectivity index (χ0n) is 10.1. The molecule has 0 radical (unpaired) electrons. The van der Waals surface area contributed by atoms with E-state index in [2.05, 4.69) is 4.90 Å². The molecule has 1 saturated heterocycles. The number of likely N-dealkylation sites (tertiary alicyclic amines) is 1. The van der Waals surface area contributed by atoms with Crippen LogP contribution in [0.3, 0.4) is 0 Å². The number of halogens is 1. The number of nitrogens with zero attached hydrogens (tertiary/aromatic N) is 1. The van der Waals surface area contributed by atoms with Crippen LogP contribution in [0.2, 0.25) is 0 Å². The predicted molar refractivity (Wildman–Crippen MR) is 65.3 cm³/mol. The van der Waals surface area contributed by atoms with Crippen LogP contribution in [0, 0.1) is 5.92 Å². The molecule has 2 atom stereocenters. The lowest BCUT2D eigenvalue weighted by molar-refractivity contribution is -0.0465. The highest BCUT2D eigenvalue weighted by atomic mass is 35.7. The lowest BCUT2D eigenvalue weighted by Gasteiger charge is -2.40. The Morgan fingerprint density at radius 3 is 2.62 bits per heavy atom. The van der Waals surface area contributed by atoms with Gasteiger partial charge in [-0.05, 0) is 33.4 Å². The fourth-order valence-corrected chi connectivity index (χ4v) is 4.04. The minimum absolute atomic E-state index is 0.128. The number of rotatable bonds is 4. The average molecular weight is 270 g/mol. The Morgan fingerprint density at radius 1 is 1.56 bits per heavy atom. The molecule has 1 heterocycles. The SMILES string of the molecule is COC(C)(CS(=O)(=O)Cl)C1CCCN(C)C1. The molecule has 1 aliphatic heterocycles.